The van der Waals surface area contributed by atoms with E-state index >= 15 is 0 Å². The van der Waals surface area contributed by atoms with Crippen LogP contribution in [0.15, 0.2) is 30.5 Å². The molecule has 0 saturated carbocycles. The van der Waals surface area contributed by atoms with Crippen LogP contribution in [-0.4, -0.2) is 65.4 Å². The molecule has 0 aliphatic carbocycles. The second-order valence-electron chi connectivity index (χ2n) is 6.59. The van der Waals surface area contributed by atoms with Gasteiger partial charge in [-0.05, 0) is 31.3 Å². The summed E-state index contributed by atoms with van der Waals surface area (Å²) in [6.45, 7) is 3.74. The van der Waals surface area contributed by atoms with E-state index in [2.05, 4.69) is 27.1 Å². The van der Waals surface area contributed by atoms with E-state index in [-0.39, 0.29) is 5.91 Å². The largest absolute Gasteiger partial charge is 0.493 e. The third kappa shape index (κ3) is 4.12. The molecule has 1 fully saturated rings. The number of ether oxygens (including phenoxy) is 3. The Morgan fingerprint density at radius 1 is 1.04 bits per heavy atom. The highest BCUT2D eigenvalue weighted by molar-refractivity contribution is 6.06. The molecule has 0 bridgehead atoms. The van der Waals surface area contributed by atoms with Crippen LogP contribution in [0.5, 0.6) is 17.2 Å². The molecule has 1 aromatic carbocycles. The average molecular weight is 387 g/mol. The van der Waals surface area contributed by atoms with Gasteiger partial charge in [-0.1, -0.05) is 0 Å². The van der Waals surface area contributed by atoms with Gasteiger partial charge in [0.25, 0.3) is 11.7 Å². The summed E-state index contributed by atoms with van der Waals surface area (Å²) in [6.07, 6.45) is 1.86. The Hall–Kier alpha value is -3.00. The van der Waals surface area contributed by atoms with Gasteiger partial charge in [0.05, 0.1) is 40.6 Å². The van der Waals surface area contributed by atoms with E-state index < -0.39 is 0 Å². The van der Waals surface area contributed by atoms with E-state index in [1.807, 2.05) is 18.3 Å². The van der Waals surface area contributed by atoms with Gasteiger partial charge in [0.1, 0.15) is 5.69 Å². The fourth-order valence-electron chi connectivity index (χ4n) is 3.23. The number of H-pyrrole nitrogens is 1. The highest BCUT2D eigenvalue weighted by Gasteiger charge is 2.26. The summed E-state index contributed by atoms with van der Waals surface area (Å²) in [6, 6.07) is 7.03. The van der Waals surface area contributed by atoms with Crippen molar-refractivity contribution >= 4 is 17.4 Å². The number of aromatic amines is 1. The number of carbonyl (C=O) groups is 1. The number of nitrogens with one attached hydrogen (secondary N) is 2. The molecule has 8 nitrogen and oxygen atoms in total. The van der Waals surface area contributed by atoms with Gasteiger partial charge in [0.15, 0.2) is 11.5 Å². The summed E-state index contributed by atoms with van der Waals surface area (Å²) >= 11 is 0. The quantitative estimate of drug-likeness (QED) is 0.810. The molecule has 150 valence electrons. The molecular formula is C20H27N4O4+. The van der Waals surface area contributed by atoms with Crippen molar-refractivity contribution in [2.45, 2.75) is 0 Å². The molecule has 2 heterocycles. The number of methoxy groups -OCH3 is 3. The van der Waals surface area contributed by atoms with E-state index in [0.717, 1.165) is 37.7 Å². The molecule has 2 N–H and O–H groups in total. The Balaban J connectivity index is 1.86. The normalized spacial score (nSPS) is 14.5. The number of likely N-dealkylation sites (N-methyl/N-ethyl adjacent to an activating group) is 1. The molecule has 1 aliphatic rings. The molecule has 0 unspecified atom stereocenters. The van der Waals surface area contributed by atoms with Crippen molar-refractivity contribution in [3.8, 4) is 17.2 Å². The van der Waals surface area contributed by atoms with E-state index in [1.165, 1.54) is 21.3 Å². The molecule has 28 heavy (non-hydrogen) atoms. The number of benzene rings is 1. The molecule has 8 heteroatoms. The molecule has 1 aromatic heterocycles. The lowest BCUT2D eigenvalue weighted by Gasteiger charge is -2.28. The molecule has 3 rings (SSSR count). The van der Waals surface area contributed by atoms with Gasteiger partial charge in [0, 0.05) is 18.7 Å². The van der Waals surface area contributed by atoms with Gasteiger partial charge in [-0.3, -0.25) is 14.6 Å². The van der Waals surface area contributed by atoms with Gasteiger partial charge in [-0.15, -0.1) is 0 Å². The maximum atomic E-state index is 12.9. The summed E-state index contributed by atoms with van der Waals surface area (Å²) < 4.78 is 16.0. The van der Waals surface area contributed by atoms with Crippen LogP contribution >= 0.6 is 0 Å². The molecule has 1 aliphatic heterocycles. The molecule has 1 saturated heterocycles. The minimum Gasteiger partial charge on any atom is -0.493 e. The summed E-state index contributed by atoms with van der Waals surface area (Å²) in [5.41, 5.74) is 1.15. The number of rotatable bonds is 6. The number of pyridine rings is 1. The van der Waals surface area contributed by atoms with Gasteiger partial charge >= 0.3 is 0 Å². The maximum absolute atomic E-state index is 12.9. The fraction of sp³-hybridized carbons (Fsp3) is 0.400. The molecule has 0 atom stereocenters. The van der Waals surface area contributed by atoms with Crippen LogP contribution in [-0.2, 0) is 0 Å². The maximum Gasteiger partial charge on any atom is 0.298 e. The number of hydrogen-bond donors (Lipinski definition) is 1. The van der Waals surface area contributed by atoms with Crippen molar-refractivity contribution in [3.63, 3.8) is 0 Å². The second kappa shape index (κ2) is 8.79. The van der Waals surface area contributed by atoms with Crippen LogP contribution in [0.25, 0.3) is 0 Å². The van der Waals surface area contributed by atoms with Crippen molar-refractivity contribution in [1.29, 1.82) is 0 Å². The van der Waals surface area contributed by atoms with Crippen LogP contribution in [0.4, 0.5) is 11.5 Å². The number of piperazine rings is 1. The standard InChI is InChI=1S/C20H26N4O4/c1-23-8-10-24(11-9-23)19-15(6-5-7-21-19)22-20(25)14-12-16(26-2)18(28-4)17(13-14)27-3/h5-7,12-13H,8-11H2,1-4H3,(H,22,25)/p+1. The summed E-state index contributed by atoms with van der Waals surface area (Å²) in [4.78, 5) is 20.7. The molecular weight excluding hydrogens is 360 g/mol. The Kier molecular flexibility index (Phi) is 6.20. The lowest BCUT2D eigenvalue weighted by molar-refractivity contribution is -0.363. The van der Waals surface area contributed by atoms with E-state index in [9.17, 15) is 4.79 Å². The SMILES string of the molecule is COc1cc(C(=O)Nc2ccc[nH+]c2N2CCN(C)CC2)cc(OC)c1OC. The van der Waals surface area contributed by atoms with Gasteiger partial charge in [-0.25, -0.2) is 4.98 Å². The monoisotopic (exact) mass is 387 g/mol. The zero-order valence-corrected chi connectivity index (χ0v) is 16.7. The Bertz CT molecular complexity index is 810. The molecule has 0 radical (unpaired) electrons. The van der Waals surface area contributed by atoms with Crippen LogP contribution in [0.3, 0.4) is 0 Å². The third-order valence-electron chi connectivity index (χ3n) is 4.83. The highest BCUT2D eigenvalue weighted by atomic mass is 16.5. The summed E-state index contributed by atoms with van der Waals surface area (Å²) in [7, 11) is 6.69. The van der Waals surface area contributed by atoms with Crippen molar-refractivity contribution < 1.29 is 24.0 Å². The zero-order chi connectivity index (χ0) is 20.1. The minimum atomic E-state index is -0.255. The van der Waals surface area contributed by atoms with Crippen LogP contribution in [0.2, 0.25) is 0 Å². The first kappa shape index (κ1) is 19.8. The van der Waals surface area contributed by atoms with Gasteiger partial charge in [0.2, 0.25) is 5.75 Å². The predicted octanol–water partition coefficient (Wildman–Crippen LogP) is 1.53. The lowest BCUT2D eigenvalue weighted by atomic mass is 10.1. The van der Waals surface area contributed by atoms with Crippen molar-refractivity contribution in [2.75, 3.05) is 64.8 Å². The topological polar surface area (TPSA) is 77.4 Å². The third-order valence-corrected chi connectivity index (χ3v) is 4.83. The Labute approximate surface area is 165 Å². The van der Waals surface area contributed by atoms with Crippen molar-refractivity contribution in [1.82, 2.24) is 4.90 Å². The molecule has 1 amide bonds. The van der Waals surface area contributed by atoms with Crippen LogP contribution < -0.4 is 29.4 Å². The Morgan fingerprint density at radius 2 is 1.68 bits per heavy atom. The van der Waals surface area contributed by atoms with Crippen LogP contribution in [0, 0.1) is 0 Å². The second-order valence-corrected chi connectivity index (χ2v) is 6.59. The first-order valence-corrected chi connectivity index (χ1v) is 9.13. The summed E-state index contributed by atoms with van der Waals surface area (Å²) in [5.74, 6) is 1.97. The van der Waals surface area contributed by atoms with Crippen molar-refractivity contribution in [2.24, 2.45) is 0 Å². The average Bonchev–Trinajstić information content (AvgIpc) is 2.73. The number of aromatic nitrogens is 1. The lowest BCUT2D eigenvalue weighted by Crippen LogP contribution is -2.46. The van der Waals surface area contributed by atoms with E-state index in [0.29, 0.717) is 22.8 Å². The first-order valence-electron chi connectivity index (χ1n) is 9.13. The van der Waals surface area contributed by atoms with Gasteiger partial charge in [-0.2, -0.15) is 0 Å². The number of nitrogens with zero attached hydrogens (tertiary/aromatic N) is 2. The summed E-state index contributed by atoms with van der Waals surface area (Å²) in [5, 5.41) is 3.00. The highest BCUT2D eigenvalue weighted by Crippen LogP contribution is 2.38. The number of amides is 1. The number of hydrogen-bond acceptors (Lipinski definition) is 6. The fourth-order valence-corrected chi connectivity index (χ4v) is 3.23. The molecule has 0 spiro atoms. The van der Waals surface area contributed by atoms with Gasteiger partial charge < -0.3 is 19.5 Å². The number of carbonyl (C=O) groups excluding carboxylic acids is 1. The zero-order valence-electron chi connectivity index (χ0n) is 16.7. The predicted molar refractivity (Wildman–Crippen MR) is 107 cm³/mol. The minimum absolute atomic E-state index is 0.255. The van der Waals surface area contributed by atoms with E-state index in [1.54, 1.807) is 12.1 Å². The smallest absolute Gasteiger partial charge is 0.298 e. The van der Waals surface area contributed by atoms with Crippen molar-refractivity contribution in [3.05, 3.63) is 36.0 Å². The Morgan fingerprint density at radius 3 is 2.25 bits per heavy atom. The van der Waals surface area contributed by atoms with E-state index in [4.69, 9.17) is 14.2 Å². The van der Waals surface area contributed by atoms with Crippen LogP contribution in [0.1, 0.15) is 10.4 Å². The number of anilines is 2. The molecule has 2 aromatic rings. The first-order chi connectivity index (χ1) is 13.6.